The molecule has 1 aliphatic carbocycles. The van der Waals surface area contributed by atoms with E-state index in [2.05, 4.69) is 5.32 Å². The normalized spacial score (nSPS) is 25.1. The first kappa shape index (κ1) is 20.5. The second kappa shape index (κ2) is 7.45. The zero-order chi connectivity index (χ0) is 19.7. The summed E-state index contributed by atoms with van der Waals surface area (Å²) in [4.78, 5) is 24.6. The van der Waals surface area contributed by atoms with Gasteiger partial charge in [0.05, 0.1) is 11.1 Å². The van der Waals surface area contributed by atoms with E-state index in [1.54, 1.807) is 32.9 Å². The molecular formula is C19H26ClNO5. The molecule has 1 aromatic rings. The Bertz CT molecular complexity index is 705. The Kier molecular flexibility index (Phi) is 5.88. The van der Waals surface area contributed by atoms with Gasteiger partial charge in [0.2, 0.25) is 0 Å². The van der Waals surface area contributed by atoms with Crippen LogP contribution in [0.4, 0.5) is 0 Å². The molecule has 26 heavy (non-hydrogen) atoms. The number of amides is 1. The van der Waals surface area contributed by atoms with Gasteiger partial charge in [-0.25, -0.2) is 4.79 Å². The minimum Gasteiger partial charge on any atom is -0.479 e. The predicted octanol–water partition coefficient (Wildman–Crippen LogP) is 3.19. The number of carboxylic acids is 1. The van der Waals surface area contributed by atoms with Crippen molar-refractivity contribution in [2.75, 3.05) is 6.61 Å². The van der Waals surface area contributed by atoms with Crippen LogP contribution in [-0.2, 0) is 14.3 Å². The molecule has 1 aliphatic rings. The average Bonchev–Trinajstić information content (AvgIpc) is 2.56. The Hall–Kier alpha value is -1.79. The third kappa shape index (κ3) is 3.53. The summed E-state index contributed by atoms with van der Waals surface area (Å²) in [5.74, 6) is -1.20. The number of carboxylic acid groups (broad SMARTS) is 1. The Morgan fingerprint density at radius 3 is 2.62 bits per heavy atom. The number of nitrogens with one attached hydrogen (secondary N) is 1. The quantitative estimate of drug-likeness (QED) is 0.755. The van der Waals surface area contributed by atoms with Gasteiger partial charge in [0.15, 0.2) is 6.10 Å². The number of benzene rings is 1. The third-order valence-electron chi connectivity index (χ3n) is 5.23. The van der Waals surface area contributed by atoms with Gasteiger partial charge in [-0.1, -0.05) is 31.5 Å². The number of aliphatic carboxylic acids is 1. The van der Waals surface area contributed by atoms with E-state index in [4.69, 9.17) is 21.1 Å². The van der Waals surface area contributed by atoms with Crippen LogP contribution in [0.5, 0.6) is 5.75 Å². The van der Waals surface area contributed by atoms with Crippen LogP contribution in [0.2, 0.25) is 5.02 Å². The molecule has 1 amide bonds. The van der Waals surface area contributed by atoms with Crippen LogP contribution in [0.1, 0.15) is 39.7 Å². The van der Waals surface area contributed by atoms with Crippen molar-refractivity contribution in [3.8, 4) is 5.75 Å². The van der Waals surface area contributed by atoms with E-state index < -0.39 is 28.9 Å². The van der Waals surface area contributed by atoms with Gasteiger partial charge in [0.25, 0.3) is 5.91 Å². The molecule has 7 heteroatoms. The summed E-state index contributed by atoms with van der Waals surface area (Å²) in [6.07, 6.45) is -0.911. The van der Waals surface area contributed by atoms with Gasteiger partial charge in [-0.2, -0.15) is 0 Å². The molecule has 0 heterocycles. The van der Waals surface area contributed by atoms with Crippen molar-refractivity contribution in [1.82, 2.24) is 5.32 Å². The van der Waals surface area contributed by atoms with Crippen LogP contribution in [-0.4, -0.2) is 41.3 Å². The highest BCUT2D eigenvalue weighted by Gasteiger charge is 2.66. The number of rotatable bonds is 7. The maximum absolute atomic E-state index is 12.6. The van der Waals surface area contributed by atoms with Crippen molar-refractivity contribution in [2.45, 2.75) is 58.8 Å². The number of carbonyl (C=O) groups is 2. The Morgan fingerprint density at radius 1 is 1.42 bits per heavy atom. The smallest absolute Gasteiger partial charge is 0.330 e. The fraction of sp³-hybridized carbons (Fsp3) is 0.579. The highest BCUT2D eigenvalue weighted by atomic mass is 35.5. The van der Waals surface area contributed by atoms with Crippen LogP contribution in [0.3, 0.4) is 0 Å². The lowest BCUT2D eigenvalue weighted by Crippen LogP contribution is -2.76. The summed E-state index contributed by atoms with van der Waals surface area (Å²) in [7, 11) is 0. The van der Waals surface area contributed by atoms with Crippen molar-refractivity contribution >= 4 is 23.5 Å². The Balaban J connectivity index is 2.13. The van der Waals surface area contributed by atoms with E-state index in [9.17, 15) is 14.7 Å². The molecule has 1 aromatic carbocycles. The van der Waals surface area contributed by atoms with Crippen LogP contribution in [0, 0.1) is 12.3 Å². The van der Waals surface area contributed by atoms with Gasteiger partial charge in [0, 0.05) is 18.4 Å². The summed E-state index contributed by atoms with van der Waals surface area (Å²) in [6, 6.07) is 5.26. The van der Waals surface area contributed by atoms with Crippen LogP contribution in [0.25, 0.3) is 0 Å². The number of hydrogen-bond donors (Lipinski definition) is 2. The van der Waals surface area contributed by atoms with Gasteiger partial charge < -0.3 is 19.9 Å². The zero-order valence-corrected chi connectivity index (χ0v) is 16.5. The highest BCUT2D eigenvalue weighted by Crippen LogP contribution is 2.51. The van der Waals surface area contributed by atoms with E-state index in [0.29, 0.717) is 17.4 Å². The van der Waals surface area contributed by atoms with Crippen molar-refractivity contribution in [1.29, 1.82) is 0 Å². The van der Waals surface area contributed by atoms with E-state index >= 15 is 0 Å². The first-order valence-electron chi connectivity index (χ1n) is 8.65. The molecule has 3 unspecified atom stereocenters. The fourth-order valence-corrected chi connectivity index (χ4v) is 3.46. The predicted molar refractivity (Wildman–Crippen MR) is 98.6 cm³/mol. The molecule has 1 fully saturated rings. The van der Waals surface area contributed by atoms with Gasteiger partial charge in [0.1, 0.15) is 11.3 Å². The average molecular weight is 384 g/mol. The zero-order valence-electron chi connectivity index (χ0n) is 15.8. The van der Waals surface area contributed by atoms with Crippen LogP contribution < -0.4 is 10.1 Å². The lowest BCUT2D eigenvalue weighted by atomic mass is 9.54. The second-order valence-corrected chi connectivity index (χ2v) is 7.67. The van der Waals surface area contributed by atoms with Gasteiger partial charge in [-0.15, -0.1) is 0 Å². The van der Waals surface area contributed by atoms with Gasteiger partial charge in [-0.3, -0.25) is 4.79 Å². The highest BCUT2D eigenvalue weighted by molar-refractivity contribution is 6.32. The summed E-state index contributed by atoms with van der Waals surface area (Å²) in [5, 5.41) is 12.8. The molecule has 0 bridgehead atoms. The Labute approximate surface area is 158 Å². The van der Waals surface area contributed by atoms with Gasteiger partial charge in [-0.05, 0) is 38.5 Å². The molecule has 3 atom stereocenters. The number of ether oxygens (including phenoxy) is 2. The molecule has 1 saturated carbocycles. The third-order valence-corrected chi connectivity index (χ3v) is 5.54. The molecule has 2 rings (SSSR count). The molecule has 2 N–H and O–H groups in total. The summed E-state index contributed by atoms with van der Waals surface area (Å²) >= 11 is 6.10. The number of halogens is 1. The van der Waals surface area contributed by atoms with E-state index in [1.165, 1.54) is 0 Å². The van der Waals surface area contributed by atoms with Crippen LogP contribution >= 0.6 is 11.6 Å². The molecule has 6 nitrogen and oxygen atoms in total. The monoisotopic (exact) mass is 383 g/mol. The van der Waals surface area contributed by atoms with Crippen LogP contribution in [0.15, 0.2) is 18.2 Å². The fourth-order valence-electron chi connectivity index (χ4n) is 3.29. The van der Waals surface area contributed by atoms with Crippen molar-refractivity contribution in [3.63, 3.8) is 0 Å². The topological polar surface area (TPSA) is 84.9 Å². The molecule has 144 valence electrons. The molecule has 0 radical (unpaired) electrons. The summed E-state index contributed by atoms with van der Waals surface area (Å²) in [6.45, 7) is 9.37. The molecule has 0 aromatic heterocycles. The van der Waals surface area contributed by atoms with Crippen molar-refractivity contribution < 1.29 is 24.2 Å². The first-order valence-corrected chi connectivity index (χ1v) is 9.02. The van der Waals surface area contributed by atoms with Gasteiger partial charge >= 0.3 is 5.97 Å². The molecule has 0 spiro atoms. The maximum atomic E-state index is 12.6. The molecule has 0 aliphatic heterocycles. The maximum Gasteiger partial charge on any atom is 0.330 e. The minimum absolute atomic E-state index is 0.215. The largest absolute Gasteiger partial charge is 0.479 e. The van der Waals surface area contributed by atoms with E-state index in [1.807, 2.05) is 19.9 Å². The SMILES string of the molecule is CCOC1CC(NC(=O)C(C)Oc2cc(C)ccc2Cl)(C(=O)O)C1(C)C. The Morgan fingerprint density at radius 2 is 2.08 bits per heavy atom. The van der Waals surface area contributed by atoms with E-state index in [0.717, 1.165) is 5.56 Å². The van der Waals surface area contributed by atoms with Crippen molar-refractivity contribution in [3.05, 3.63) is 28.8 Å². The van der Waals surface area contributed by atoms with Crippen molar-refractivity contribution in [2.24, 2.45) is 5.41 Å². The summed E-state index contributed by atoms with van der Waals surface area (Å²) < 4.78 is 11.3. The molecular weight excluding hydrogens is 358 g/mol. The summed E-state index contributed by atoms with van der Waals surface area (Å²) in [5.41, 5.74) is -1.19. The number of carbonyl (C=O) groups excluding carboxylic acids is 1. The molecule has 0 saturated heterocycles. The van der Waals surface area contributed by atoms with E-state index in [-0.39, 0.29) is 12.5 Å². The number of aryl methyl sites for hydroxylation is 1. The lowest BCUT2D eigenvalue weighted by Gasteiger charge is -2.58. The second-order valence-electron chi connectivity index (χ2n) is 7.26. The number of hydrogen-bond acceptors (Lipinski definition) is 4. The lowest BCUT2D eigenvalue weighted by molar-refractivity contribution is -0.195. The first-order chi connectivity index (χ1) is 12.0. The minimum atomic E-state index is -1.39. The standard InChI is InChI=1S/C19H26ClNO5/c1-6-25-15-10-19(17(23)24,18(15,4)5)21-16(22)12(3)26-14-9-11(2)7-8-13(14)20/h7-9,12,15H,6,10H2,1-5H3,(H,21,22)(H,23,24).